The number of hydrogen-bond donors (Lipinski definition) is 1. The molecule has 1 aromatic heterocycles. The third-order valence-electron chi connectivity index (χ3n) is 3.96. The van der Waals surface area contributed by atoms with Crippen molar-refractivity contribution in [3.05, 3.63) is 18.3 Å². The summed E-state index contributed by atoms with van der Waals surface area (Å²) >= 11 is 0. The second kappa shape index (κ2) is 6.24. The largest absolute Gasteiger partial charge is 0.379 e. The molecule has 19 heavy (non-hydrogen) atoms. The van der Waals surface area contributed by atoms with Crippen LogP contribution in [0.25, 0.3) is 0 Å². The molecule has 2 unspecified atom stereocenters. The van der Waals surface area contributed by atoms with E-state index >= 15 is 0 Å². The summed E-state index contributed by atoms with van der Waals surface area (Å²) in [4.78, 5) is 8.93. The first-order valence-corrected chi connectivity index (χ1v) is 7.15. The number of hydrogen-bond acceptors (Lipinski definition) is 4. The summed E-state index contributed by atoms with van der Waals surface area (Å²) in [5.41, 5.74) is 1.13. The molecule has 2 atom stereocenters. The van der Waals surface area contributed by atoms with Crippen molar-refractivity contribution in [1.29, 1.82) is 0 Å². The second-order valence-corrected chi connectivity index (χ2v) is 5.87. The van der Waals surface area contributed by atoms with E-state index in [0.717, 1.165) is 11.5 Å². The van der Waals surface area contributed by atoms with Crippen LogP contribution in [-0.2, 0) is 0 Å². The van der Waals surface area contributed by atoms with E-state index in [1.807, 2.05) is 26.4 Å². The standard InChI is InChI=1S/C15H26N4/c1-12(13-7-6-10-19(4)11-13)17-14-8-5-9-16-15(14)18(2)3/h5,8-9,12-13,17H,6-7,10-11H2,1-4H3. The Balaban J connectivity index is 2.04. The summed E-state index contributed by atoms with van der Waals surface area (Å²) in [7, 11) is 6.29. The number of nitrogens with zero attached hydrogens (tertiary/aromatic N) is 3. The lowest BCUT2D eigenvalue weighted by molar-refractivity contribution is 0.197. The fourth-order valence-corrected chi connectivity index (χ4v) is 2.84. The summed E-state index contributed by atoms with van der Waals surface area (Å²) in [6.07, 6.45) is 4.47. The molecule has 2 heterocycles. The first-order valence-electron chi connectivity index (χ1n) is 7.15. The van der Waals surface area contributed by atoms with E-state index in [9.17, 15) is 0 Å². The van der Waals surface area contributed by atoms with Gasteiger partial charge in [-0.15, -0.1) is 0 Å². The molecule has 0 saturated carbocycles. The second-order valence-electron chi connectivity index (χ2n) is 5.87. The molecule has 4 heteroatoms. The highest BCUT2D eigenvalue weighted by atomic mass is 15.2. The van der Waals surface area contributed by atoms with Gasteiger partial charge in [-0.25, -0.2) is 4.98 Å². The number of nitrogens with one attached hydrogen (secondary N) is 1. The Morgan fingerprint density at radius 3 is 2.95 bits per heavy atom. The van der Waals surface area contributed by atoms with Crippen LogP contribution in [0, 0.1) is 5.92 Å². The van der Waals surface area contributed by atoms with E-state index in [-0.39, 0.29) is 0 Å². The first-order chi connectivity index (χ1) is 9.08. The predicted octanol–water partition coefficient (Wildman–Crippen LogP) is 2.29. The van der Waals surface area contributed by atoms with Gasteiger partial charge in [-0.1, -0.05) is 0 Å². The first kappa shape index (κ1) is 14.1. The van der Waals surface area contributed by atoms with Crippen LogP contribution in [0.3, 0.4) is 0 Å². The zero-order valence-electron chi connectivity index (χ0n) is 12.6. The third-order valence-corrected chi connectivity index (χ3v) is 3.96. The maximum absolute atomic E-state index is 4.44. The number of anilines is 2. The minimum Gasteiger partial charge on any atom is -0.379 e. The monoisotopic (exact) mass is 262 g/mol. The van der Waals surface area contributed by atoms with Gasteiger partial charge in [0.05, 0.1) is 5.69 Å². The molecule has 0 amide bonds. The maximum Gasteiger partial charge on any atom is 0.151 e. The van der Waals surface area contributed by atoms with Crippen LogP contribution in [-0.4, -0.2) is 50.2 Å². The van der Waals surface area contributed by atoms with Crippen LogP contribution in [0.5, 0.6) is 0 Å². The van der Waals surface area contributed by atoms with Crippen molar-refractivity contribution in [2.75, 3.05) is 44.4 Å². The summed E-state index contributed by atoms with van der Waals surface area (Å²) < 4.78 is 0. The zero-order chi connectivity index (χ0) is 13.8. The van der Waals surface area contributed by atoms with Crippen molar-refractivity contribution in [3.8, 4) is 0 Å². The normalized spacial score (nSPS) is 22.0. The number of pyridine rings is 1. The molecule has 0 radical (unpaired) electrons. The summed E-state index contributed by atoms with van der Waals surface area (Å²) in [6.45, 7) is 4.71. The van der Waals surface area contributed by atoms with Gasteiger partial charge in [0.1, 0.15) is 0 Å². The molecular formula is C15H26N4. The number of piperidine rings is 1. The van der Waals surface area contributed by atoms with Crippen molar-refractivity contribution in [2.24, 2.45) is 5.92 Å². The average molecular weight is 262 g/mol. The highest BCUT2D eigenvalue weighted by Crippen LogP contribution is 2.25. The SMILES string of the molecule is CC(Nc1cccnc1N(C)C)C1CCCN(C)C1. The fourth-order valence-electron chi connectivity index (χ4n) is 2.84. The van der Waals surface area contributed by atoms with Gasteiger partial charge in [-0.05, 0) is 51.4 Å². The van der Waals surface area contributed by atoms with E-state index in [1.165, 1.54) is 25.9 Å². The molecule has 1 saturated heterocycles. The minimum absolute atomic E-state index is 0.477. The molecular weight excluding hydrogens is 236 g/mol. The van der Waals surface area contributed by atoms with E-state index in [1.54, 1.807) is 0 Å². The molecule has 0 aliphatic carbocycles. The molecule has 1 aromatic rings. The van der Waals surface area contributed by atoms with Crippen LogP contribution in [0.15, 0.2) is 18.3 Å². The van der Waals surface area contributed by atoms with Crippen LogP contribution >= 0.6 is 0 Å². The lowest BCUT2D eigenvalue weighted by Gasteiger charge is -2.34. The smallest absolute Gasteiger partial charge is 0.151 e. The molecule has 1 N–H and O–H groups in total. The Labute approximate surface area is 116 Å². The summed E-state index contributed by atoms with van der Waals surface area (Å²) in [5.74, 6) is 1.73. The Morgan fingerprint density at radius 1 is 1.47 bits per heavy atom. The van der Waals surface area contributed by atoms with Gasteiger partial charge in [0.2, 0.25) is 0 Å². The van der Waals surface area contributed by atoms with Crippen LogP contribution in [0.2, 0.25) is 0 Å². The quantitative estimate of drug-likeness (QED) is 0.902. The van der Waals surface area contributed by atoms with Gasteiger partial charge in [0, 0.05) is 32.9 Å². The zero-order valence-corrected chi connectivity index (χ0v) is 12.6. The summed E-state index contributed by atoms with van der Waals surface area (Å²) in [5, 5.41) is 3.65. The molecule has 0 aromatic carbocycles. The molecule has 1 fully saturated rings. The Hall–Kier alpha value is -1.29. The lowest BCUT2D eigenvalue weighted by atomic mass is 9.92. The predicted molar refractivity (Wildman–Crippen MR) is 81.9 cm³/mol. The molecule has 1 aliphatic heterocycles. The van der Waals surface area contributed by atoms with Crippen molar-refractivity contribution in [2.45, 2.75) is 25.8 Å². The van der Waals surface area contributed by atoms with Crippen molar-refractivity contribution in [1.82, 2.24) is 9.88 Å². The van der Waals surface area contributed by atoms with Gasteiger partial charge in [0.25, 0.3) is 0 Å². The highest BCUT2D eigenvalue weighted by Gasteiger charge is 2.23. The Kier molecular flexibility index (Phi) is 4.64. The van der Waals surface area contributed by atoms with E-state index < -0.39 is 0 Å². The van der Waals surface area contributed by atoms with Gasteiger partial charge in [-0.3, -0.25) is 0 Å². The molecule has 106 valence electrons. The minimum atomic E-state index is 0.477. The Bertz CT molecular complexity index is 405. The maximum atomic E-state index is 4.44. The molecule has 2 rings (SSSR count). The highest BCUT2D eigenvalue weighted by molar-refractivity contribution is 5.65. The molecule has 0 bridgehead atoms. The lowest BCUT2D eigenvalue weighted by Crippen LogP contribution is -2.40. The van der Waals surface area contributed by atoms with Crippen molar-refractivity contribution in [3.63, 3.8) is 0 Å². The van der Waals surface area contributed by atoms with E-state index in [2.05, 4.69) is 40.1 Å². The van der Waals surface area contributed by atoms with Crippen LogP contribution in [0.1, 0.15) is 19.8 Å². The van der Waals surface area contributed by atoms with Gasteiger partial charge in [-0.2, -0.15) is 0 Å². The third kappa shape index (κ3) is 3.60. The van der Waals surface area contributed by atoms with Gasteiger partial charge < -0.3 is 15.1 Å². The fraction of sp³-hybridized carbons (Fsp3) is 0.667. The molecule has 0 spiro atoms. The van der Waals surface area contributed by atoms with E-state index in [4.69, 9.17) is 0 Å². The van der Waals surface area contributed by atoms with Gasteiger partial charge >= 0.3 is 0 Å². The number of rotatable bonds is 4. The van der Waals surface area contributed by atoms with Crippen LogP contribution in [0.4, 0.5) is 11.5 Å². The summed E-state index contributed by atoms with van der Waals surface area (Å²) in [6, 6.07) is 4.59. The average Bonchev–Trinajstić information content (AvgIpc) is 2.39. The Morgan fingerprint density at radius 2 is 2.26 bits per heavy atom. The number of likely N-dealkylation sites (tertiary alicyclic amines) is 1. The number of aromatic nitrogens is 1. The molecule has 4 nitrogen and oxygen atoms in total. The van der Waals surface area contributed by atoms with Crippen molar-refractivity contribution >= 4 is 11.5 Å². The molecule has 1 aliphatic rings. The van der Waals surface area contributed by atoms with Crippen molar-refractivity contribution < 1.29 is 0 Å². The van der Waals surface area contributed by atoms with Crippen LogP contribution < -0.4 is 10.2 Å². The van der Waals surface area contributed by atoms with Gasteiger partial charge in [0.15, 0.2) is 5.82 Å². The van der Waals surface area contributed by atoms with E-state index in [0.29, 0.717) is 12.0 Å². The topological polar surface area (TPSA) is 31.4 Å².